The van der Waals surface area contributed by atoms with Gasteiger partial charge in [0.2, 0.25) is 0 Å². The van der Waals surface area contributed by atoms with Crippen LogP contribution in [-0.4, -0.2) is 28.3 Å². The molecule has 198 valence electrons. The van der Waals surface area contributed by atoms with Crippen molar-refractivity contribution < 1.29 is 9.53 Å². The molecule has 4 heteroatoms. The van der Waals surface area contributed by atoms with E-state index in [1.54, 1.807) is 0 Å². The molecule has 4 nitrogen and oxygen atoms in total. The summed E-state index contributed by atoms with van der Waals surface area (Å²) >= 11 is 0. The van der Waals surface area contributed by atoms with E-state index in [0.717, 1.165) is 50.7 Å². The summed E-state index contributed by atoms with van der Waals surface area (Å²) in [4.78, 5) is 20.5. The fourth-order valence-electron chi connectivity index (χ4n) is 5.54. The first-order valence-corrected chi connectivity index (χ1v) is 13.6. The quantitative estimate of drug-likeness (QED) is 0.453. The Labute approximate surface area is 231 Å². The van der Waals surface area contributed by atoms with Crippen molar-refractivity contribution in [3.63, 3.8) is 0 Å². The third kappa shape index (κ3) is 4.99. The molecule has 0 radical (unpaired) electrons. The van der Waals surface area contributed by atoms with Gasteiger partial charge in [-0.05, 0) is 55.7 Å². The van der Waals surface area contributed by atoms with Crippen LogP contribution >= 0.6 is 0 Å². The summed E-state index contributed by atoms with van der Waals surface area (Å²) in [5.41, 5.74) is 5.04. The van der Waals surface area contributed by atoms with Crippen molar-refractivity contribution in [1.29, 1.82) is 0 Å². The van der Waals surface area contributed by atoms with Gasteiger partial charge in [-0.1, -0.05) is 104 Å². The van der Waals surface area contributed by atoms with E-state index < -0.39 is 0 Å². The van der Waals surface area contributed by atoms with Crippen molar-refractivity contribution in [2.24, 2.45) is 10.9 Å². The lowest BCUT2D eigenvalue weighted by Crippen LogP contribution is -2.46. The first kappa shape index (κ1) is 26.4. The molecule has 2 aromatic carbocycles. The van der Waals surface area contributed by atoms with E-state index in [-0.39, 0.29) is 30.1 Å². The van der Waals surface area contributed by atoms with Crippen LogP contribution in [0, 0.1) is 5.92 Å². The van der Waals surface area contributed by atoms with Crippen molar-refractivity contribution in [3.05, 3.63) is 124 Å². The molecule has 0 saturated carbocycles. The number of allylic oxidation sites excluding steroid dienone is 7. The van der Waals surface area contributed by atoms with Crippen molar-refractivity contribution in [2.75, 3.05) is 0 Å². The summed E-state index contributed by atoms with van der Waals surface area (Å²) in [6.07, 6.45) is 19.7. The van der Waals surface area contributed by atoms with Gasteiger partial charge in [-0.25, -0.2) is 0 Å². The Morgan fingerprint density at radius 1 is 1.23 bits per heavy atom. The van der Waals surface area contributed by atoms with E-state index in [9.17, 15) is 4.79 Å². The number of amidine groups is 1. The largest absolute Gasteiger partial charge is 0.460 e. The SMILES string of the molecule is C=c1c2c(cc/c1=C/C=C\C)C(/C=C\C(C)C(=O)OCc1ccccc1)=C(C)N1C2=N[C@@]2(C)CC=CC=CC12. The summed E-state index contributed by atoms with van der Waals surface area (Å²) < 4.78 is 5.59. The summed E-state index contributed by atoms with van der Waals surface area (Å²) in [6, 6.07) is 14.1. The Morgan fingerprint density at radius 3 is 2.79 bits per heavy atom. The Hall–Kier alpha value is -4.18. The molecule has 3 aliphatic rings. The van der Waals surface area contributed by atoms with Gasteiger partial charge >= 0.3 is 5.97 Å². The Balaban J connectivity index is 1.55. The fraction of sp³-hybridized carbons (Fsp3) is 0.257. The molecular weight excluding hydrogens is 480 g/mol. The molecule has 0 N–H and O–H groups in total. The average Bonchev–Trinajstić information content (AvgIpc) is 3.10. The van der Waals surface area contributed by atoms with Crippen LogP contribution in [0.3, 0.4) is 0 Å². The second kappa shape index (κ2) is 10.9. The molecule has 2 heterocycles. The molecule has 2 aliphatic heterocycles. The monoisotopic (exact) mass is 516 g/mol. The highest BCUT2D eigenvalue weighted by atomic mass is 16.5. The van der Waals surface area contributed by atoms with E-state index >= 15 is 0 Å². The number of ether oxygens (including phenoxy) is 1. The second-order valence-electron chi connectivity index (χ2n) is 10.6. The summed E-state index contributed by atoms with van der Waals surface area (Å²) in [5, 5.41) is 2.03. The molecule has 3 atom stereocenters. The van der Waals surface area contributed by atoms with Crippen molar-refractivity contribution in [2.45, 2.75) is 52.3 Å². The minimum absolute atomic E-state index is 0.0925. The standard InChI is InChI=1S/C35H36N2O2/c1-6-7-16-28-19-21-30-29(20-18-24(2)34(38)39-23-27-14-10-8-11-15-27)26(4)37-31-17-12-9-13-22-35(31,5)36-33(37)32(30)25(28)3/h6-21,24,31H,3,22-23H2,1-2,4-5H3/b7-6-,20-18-,28-16-/t24?,31?,35-/m0/s1. The van der Waals surface area contributed by atoms with Crippen molar-refractivity contribution >= 4 is 30.0 Å². The third-order valence-corrected chi connectivity index (χ3v) is 7.81. The van der Waals surface area contributed by atoms with Gasteiger partial charge in [0.05, 0.1) is 17.5 Å². The minimum atomic E-state index is -0.389. The number of esters is 1. The zero-order chi connectivity index (χ0) is 27.6. The van der Waals surface area contributed by atoms with Gasteiger partial charge in [-0.3, -0.25) is 9.79 Å². The van der Waals surface area contributed by atoms with Crippen LogP contribution in [0.5, 0.6) is 0 Å². The zero-order valence-corrected chi connectivity index (χ0v) is 23.2. The molecule has 0 saturated heterocycles. The molecule has 2 aromatic rings. The lowest BCUT2D eigenvalue weighted by Gasteiger charge is -2.37. The van der Waals surface area contributed by atoms with Crippen LogP contribution in [0.1, 0.15) is 50.8 Å². The van der Waals surface area contributed by atoms with E-state index in [2.05, 4.69) is 73.9 Å². The lowest BCUT2D eigenvalue weighted by molar-refractivity contribution is -0.147. The number of fused-ring (bicyclic) bond motifs is 5. The zero-order valence-electron chi connectivity index (χ0n) is 23.2. The number of carbonyl (C=O) groups excluding carboxylic acids is 1. The van der Waals surface area contributed by atoms with Gasteiger partial charge in [-0.2, -0.15) is 0 Å². The Bertz CT molecular complexity index is 1570. The Morgan fingerprint density at radius 2 is 2.03 bits per heavy atom. The van der Waals surface area contributed by atoms with Gasteiger partial charge in [0.1, 0.15) is 12.4 Å². The number of carbonyl (C=O) groups is 1. The molecule has 0 amide bonds. The van der Waals surface area contributed by atoms with Crippen LogP contribution in [0.25, 0.3) is 18.2 Å². The van der Waals surface area contributed by atoms with Crippen LogP contribution in [-0.2, 0) is 16.1 Å². The van der Waals surface area contributed by atoms with Gasteiger partial charge in [0.25, 0.3) is 0 Å². The molecule has 0 fully saturated rings. The Kier molecular flexibility index (Phi) is 7.38. The van der Waals surface area contributed by atoms with Crippen molar-refractivity contribution in [3.8, 4) is 0 Å². The molecular formula is C35H36N2O2. The number of hydrogen-bond acceptors (Lipinski definition) is 4. The van der Waals surface area contributed by atoms with Crippen molar-refractivity contribution in [1.82, 2.24) is 4.90 Å². The molecule has 0 bridgehead atoms. The lowest BCUT2D eigenvalue weighted by atomic mass is 9.87. The number of hydrogen-bond donors (Lipinski definition) is 0. The molecule has 0 spiro atoms. The van der Waals surface area contributed by atoms with Gasteiger partial charge in [0.15, 0.2) is 0 Å². The van der Waals surface area contributed by atoms with Gasteiger partial charge in [0, 0.05) is 16.8 Å². The first-order chi connectivity index (χ1) is 18.8. The summed E-state index contributed by atoms with van der Waals surface area (Å²) in [6.45, 7) is 13.1. The van der Waals surface area contributed by atoms with Crippen LogP contribution < -0.4 is 10.4 Å². The van der Waals surface area contributed by atoms with Crippen LogP contribution in [0.2, 0.25) is 0 Å². The normalized spacial score (nSPS) is 23.1. The molecule has 5 rings (SSSR count). The maximum atomic E-state index is 12.8. The smallest absolute Gasteiger partial charge is 0.312 e. The van der Waals surface area contributed by atoms with Gasteiger partial charge < -0.3 is 9.64 Å². The number of nitrogens with zero attached hydrogens (tertiary/aromatic N) is 2. The fourth-order valence-corrected chi connectivity index (χ4v) is 5.54. The molecule has 39 heavy (non-hydrogen) atoms. The predicted molar refractivity (Wildman–Crippen MR) is 161 cm³/mol. The topological polar surface area (TPSA) is 41.9 Å². The summed E-state index contributed by atoms with van der Waals surface area (Å²) in [5.74, 6) is 0.343. The highest BCUT2D eigenvalue weighted by Crippen LogP contribution is 2.43. The third-order valence-electron chi connectivity index (χ3n) is 7.81. The van der Waals surface area contributed by atoms with E-state index in [1.807, 2.05) is 62.4 Å². The summed E-state index contributed by atoms with van der Waals surface area (Å²) in [7, 11) is 0. The maximum Gasteiger partial charge on any atom is 0.312 e. The predicted octanol–water partition coefficient (Wildman–Crippen LogP) is 5.84. The maximum absolute atomic E-state index is 12.8. The van der Waals surface area contributed by atoms with Crippen LogP contribution in [0.15, 0.2) is 102 Å². The number of aliphatic imine (C=N–C) groups is 1. The van der Waals surface area contributed by atoms with E-state index in [1.165, 1.54) is 0 Å². The van der Waals surface area contributed by atoms with E-state index in [0.29, 0.717) is 0 Å². The number of rotatable bonds is 6. The number of benzene rings is 2. The average molecular weight is 517 g/mol. The molecule has 1 aliphatic carbocycles. The first-order valence-electron chi connectivity index (χ1n) is 13.6. The highest BCUT2D eigenvalue weighted by molar-refractivity contribution is 6.10. The highest BCUT2D eigenvalue weighted by Gasteiger charge is 2.47. The van der Waals surface area contributed by atoms with Gasteiger partial charge in [-0.15, -0.1) is 0 Å². The second-order valence-corrected chi connectivity index (χ2v) is 10.6. The minimum Gasteiger partial charge on any atom is -0.460 e. The molecule has 0 aromatic heterocycles. The molecule has 2 unspecified atom stereocenters. The van der Waals surface area contributed by atoms with Crippen LogP contribution in [0.4, 0.5) is 0 Å². The van der Waals surface area contributed by atoms with E-state index in [4.69, 9.17) is 9.73 Å².